The van der Waals surface area contributed by atoms with Gasteiger partial charge in [-0.25, -0.2) is 0 Å². The SMILES string of the molecule is COc1ccc(Br)cc1CN(C)C(=O)CCCNC(C)C. The second-order valence-electron chi connectivity index (χ2n) is 5.42. The van der Waals surface area contributed by atoms with Gasteiger partial charge in [-0.3, -0.25) is 4.79 Å². The van der Waals surface area contributed by atoms with Crippen LogP contribution in [0.3, 0.4) is 0 Å². The number of nitrogens with one attached hydrogen (secondary N) is 1. The van der Waals surface area contributed by atoms with Crippen molar-refractivity contribution in [2.24, 2.45) is 0 Å². The predicted octanol–water partition coefficient (Wildman–Crippen LogP) is 3.19. The first kappa shape index (κ1) is 18.0. The van der Waals surface area contributed by atoms with Crippen molar-refractivity contribution in [3.63, 3.8) is 0 Å². The zero-order valence-electron chi connectivity index (χ0n) is 13.3. The van der Waals surface area contributed by atoms with Gasteiger partial charge in [0, 0.05) is 36.1 Å². The van der Waals surface area contributed by atoms with E-state index >= 15 is 0 Å². The van der Waals surface area contributed by atoms with Gasteiger partial charge in [-0.05, 0) is 31.2 Å². The first-order valence-corrected chi connectivity index (χ1v) is 8.03. The lowest BCUT2D eigenvalue weighted by Gasteiger charge is -2.19. The Labute approximate surface area is 136 Å². The highest BCUT2D eigenvalue weighted by molar-refractivity contribution is 9.10. The molecule has 0 saturated heterocycles. The van der Waals surface area contributed by atoms with Crippen LogP contribution in [0.15, 0.2) is 22.7 Å². The Hall–Kier alpha value is -1.07. The third kappa shape index (κ3) is 6.48. The number of halogens is 1. The Bertz CT molecular complexity index is 464. The summed E-state index contributed by atoms with van der Waals surface area (Å²) in [6.45, 7) is 5.64. The van der Waals surface area contributed by atoms with Crippen LogP contribution in [-0.2, 0) is 11.3 Å². The molecule has 0 fully saturated rings. The smallest absolute Gasteiger partial charge is 0.222 e. The van der Waals surface area contributed by atoms with Gasteiger partial charge in [-0.15, -0.1) is 0 Å². The van der Waals surface area contributed by atoms with Crippen LogP contribution >= 0.6 is 15.9 Å². The van der Waals surface area contributed by atoms with Gasteiger partial charge >= 0.3 is 0 Å². The predicted molar refractivity (Wildman–Crippen MR) is 89.5 cm³/mol. The van der Waals surface area contributed by atoms with Crippen molar-refractivity contribution in [2.45, 2.75) is 39.3 Å². The van der Waals surface area contributed by atoms with E-state index in [9.17, 15) is 4.79 Å². The Morgan fingerprint density at radius 2 is 2.14 bits per heavy atom. The fourth-order valence-corrected chi connectivity index (χ4v) is 2.44. The highest BCUT2D eigenvalue weighted by Crippen LogP contribution is 2.24. The molecule has 118 valence electrons. The van der Waals surface area contributed by atoms with Crippen molar-refractivity contribution >= 4 is 21.8 Å². The third-order valence-electron chi connectivity index (χ3n) is 3.20. The molecule has 21 heavy (non-hydrogen) atoms. The van der Waals surface area contributed by atoms with E-state index in [1.807, 2.05) is 25.2 Å². The molecule has 0 radical (unpaired) electrons. The van der Waals surface area contributed by atoms with Gasteiger partial charge in [-0.1, -0.05) is 29.8 Å². The maximum Gasteiger partial charge on any atom is 0.222 e. The summed E-state index contributed by atoms with van der Waals surface area (Å²) in [5, 5.41) is 3.32. The second kappa shape index (κ2) is 9.05. The van der Waals surface area contributed by atoms with Crippen LogP contribution in [0.4, 0.5) is 0 Å². The number of carbonyl (C=O) groups is 1. The van der Waals surface area contributed by atoms with Gasteiger partial charge in [0.05, 0.1) is 7.11 Å². The Balaban J connectivity index is 2.50. The standard InChI is InChI=1S/C16H25BrN2O2/c1-12(2)18-9-5-6-16(20)19(3)11-13-10-14(17)7-8-15(13)21-4/h7-8,10,12,18H,5-6,9,11H2,1-4H3. The lowest BCUT2D eigenvalue weighted by molar-refractivity contribution is -0.130. The van der Waals surface area contributed by atoms with Crippen LogP contribution in [0.1, 0.15) is 32.3 Å². The van der Waals surface area contributed by atoms with Crippen molar-refractivity contribution in [2.75, 3.05) is 20.7 Å². The van der Waals surface area contributed by atoms with Crippen LogP contribution in [0, 0.1) is 0 Å². The molecule has 0 aliphatic rings. The highest BCUT2D eigenvalue weighted by Gasteiger charge is 2.12. The highest BCUT2D eigenvalue weighted by atomic mass is 79.9. The minimum atomic E-state index is 0.155. The summed E-state index contributed by atoms with van der Waals surface area (Å²) < 4.78 is 6.32. The van der Waals surface area contributed by atoms with Crippen LogP contribution in [0.2, 0.25) is 0 Å². The van der Waals surface area contributed by atoms with Crippen molar-refractivity contribution in [3.05, 3.63) is 28.2 Å². The van der Waals surface area contributed by atoms with Crippen LogP contribution in [0.25, 0.3) is 0 Å². The lowest BCUT2D eigenvalue weighted by atomic mass is 10.2. The molecule has 0 aromatic heterocycles. The summed E-state index contributed by atoms with van der Waals surface area (Å²) in [4.78, 5) is 13.9. The van der Waals surface area contributed by atoms with Crippen LogP contribution < -0.4 is 10.1 Å². The molecule has 1 N–H and O–H groups in total. The second-order valence-corrected chi connectivity index (χ2v) is 6.33. The quantitative estimate of drug-likeness (QED) is 0.727. The molecule has 0 bridgehead atoms. The molecule has 1 aromatic carbocycles. The number of ether oxygens (including phenoxy) is 1. The molecule has 1 aromatic rings. The molecule has 1 amide bonds. The molecule has 0 unspecified atom stereocenters. The number of hydrogen-bond donors (Lipinski definition) is 1. The maximum atomic E-state index is 12.1. The van der Waals surface area contributed by atoms with Gasteiger partial charge in [0.15, 0.2) is 0 Å². The van der Waals surface area contributed by atoms with E-state index in [2.05, 4.69) is 35.1 Å². The van der Waals surface area contributed by atoms with E-state index in [0.717, 1.165) is 28.8 Å². The van der Waals surface area contributed by atoms with Gasteiger partial charge in [0.25, 0.3) is 0 Å². The molecule has 1 rings (SSSR count). The lowest BCUT2D eigenvalue weighted by Crippen LogP contribution is -2.28. The fourth-order valence-electron chi connectivity index (χ4n) is 2.04. The average molecular weight is 357 g/mol. The molecule has 4 nitrogen and oxygen atoms in total. The van der Waals surface area contributed by atoms with Gasteiger partial charge in [0.2, 0.25) is 5.91 Å². The molecule has 0 spiro atoms. The van der Waals surface area contributed by atoms with Gasteiger partial charge in [-0.2, -0.15) is 0 Å². The Morgan fingerprint density at radius 3 is 2.76 bits per heavy atom. The molecular weight excluding hydrogens is 332 g/mol. The summed E-state index contributed by atoms with van der Waals surface area (Å²) in [5.74, 6) is 0.960. The molecule has 0 heterocycles. The van der Waals surface area contributed by atoms with Crippen LogP contribution in [0.5, 0.6) is 5.75 Å². The molecule has 0 saturated carbocycles. The largest absolute Gasteiger partial charge is 0.496 e. The average Bonchev–Trinajstić information content (AvgIpc) is 2.43. The van der Waals surface area contributed by atoms with Crippen LogP contribution in [-0.4, -0.2) is 37.6 Å². The Morgan fingerprint density at radius 1 is 1.43 bits per heavy atom. The number of rotatable bonds is 8. The molecular formula is C16H25BrN2O2. The van der Waals surface area contributed by atoms with Crippen molar-refractivity contribution in [3.8, 4) is 5.75 Å². The molecule has 0 atom stereocenters. The number of methoxy groups -OCH3 is 1. The summed E-state index contributed by atoms with van der Waals surface area (Å²) in [6, 6.07) is 6.29. The van der Waals surface area contributed by atoms with E-state index in [-0.39, 0.29) is 5.91 Å². The van der Waals surface area contributed by atoms with E-state index < -0.39 is 0 Å². The third-order valence-corrected chi connectivity index (χ3v) is 3.69. The number of nitrogens with zero attached hydrogens (tertiary/aromatic N) is 1. The van der Waals surface area contributed by atoms with E-state index in [4.69, 9.17) is 4.74 Å². The minimum Gasteiger partial charge on any atom is -0.496 e. The number of carbonyl (C=O) groups excluding carboxylic acids is 1. The Kier molecular flexibility index (Phi) is 7.75. The summed E-state index contributed by atoms with van der Waals surface area (Å²) >= 11 is 3.45. The van der Waals surface area contributed by atoms with Crippen molar-refractivity contribution in [1.82, 2.24) is 10.2 Å². The monoisotopic (exact) mass is 356 g/mol. The fraction of sp³-hybridized carbons (Fsp3) is 0.562. The number of amides is 1. The zero-order valence-corrected chi connectivity index (χ0v) is 14.9. The van der Waals surface area contributed by atoms with Crippen molar-refractivity contribution in [1.29, 1.82) is 0 Å². The number of benzene rings is 1. The van der Waals surface area contributed by atoms with E-state index in [1.54, 1.807) is 12.0 Å². The molecule has 0 aliphatic heterocycles. The maximum absolute atomic E-state index is 12.1. The molecule has 0 aliphatic carbocycles. The summed E-state index contributed by atoms with van der Waals surface area (Å²) in [6.07, 6.45) is 1.42. The summed E-state index contributed by atoms with van der Waals surface area (Å²) in [5.41, 5.74) is 1.00. The molecule has 5 heteroatoms. The first-order valence-electron chi connectivity index (χ1n) is 7.23. The number of hydrogen-bond acceptors (Lipinski definition) is 3. The van der Waals surface area contributed by atoms with Gasteiger partial charge < -0.3 is 15.0 Å². The topological polar surface area (TPSA) is 41.6 Å². The van der Waals surface area contributed by atoms with Crippen molar-refractivity contribution < 1.29 is 9.53 Å². The zero-order chi connectivity index (χ0) is 15.8. The summed E-state index contributed by atoms with van der Waals surface area (Å²) in [7, 11) is 3.48. The van der Waals surface area contributed by atoms with E-state index in [0.29, 0.717) is 19.0 Å². The van der Waals surface area contributed by atoms with Gasteiger partial charge in [0.1, 0.15) is 5.75 Å². The van der Waals surface area contributed by atoms with E-state index in [1.165, 1.54) is 0 Å². The first-order chi connectivity index (χ1) is 9.93. The minimum absolute atomic E-state index is 0.155. The normalized spacial score (nSPS) is 10.8.